The van der Waals surface area contributed by atoms with Crippen LogP contribution in [0.3, 0.4) is 0 Å². The van der Waals surface area contributed by atoms with E-state index in [2.05, 4.69) is 12.2 Å². The van der Waals surface area contributed by atoms with Gasteiger partial charge >= 0.3 is 0 Å². The molecular weight excluding hydrogens is 222 g/mol. The van der Waals surface area contributed by atoms with E-state index in [0.717, 1.165) is 44.7 Å². The van der Waals surface area contributed by atoms with Crippen molar-refractivity contribution in [1.29, 1.82) is 0 Å². The van der Waals surface area contributed by atoms with Crippen LogP contribution in [0.25, 0.3) is 0 Å². The van der Waals surface area contributed by atoms with Crippen LogP contribution in [0.1, 0.15) is 77.6 Å². The van der Waals surface area contributed by atoms with E-state index in [-0.39, 0.29) is 0 Å². The molecule has 2 heteroatoms. The zero-order chi connectivity index (χ0) is 13.1. The molecule has 1 saturated heterocycles. The molecule has 1 heterocycles. The van der Waals surface area contributed by atoms with E-state index in [1.165, 1.54) is 44.9 Å². The predicted molar refractivity (Wildman–Crippen MR) is 77.8 cm³/mol. The fourth-order valence-electron chi connectivity index (χ4n) is 2.73. The summed E-state index contributed by atoms with van der Waals surface area (Å²) in [4.78, 5) is 11.7. The molecule has 0 saturated carbocycles. The summed E-state index contributed by atoms with van der Waals surface area (Å²) in [5.74, 6) is 1.26. The van der Waals surface area contributed by atoms with E-state index in [0.29, 0.717) is 5.78 Å². The molecule has 2 nitrogen and oxygen atoms in total. The fraction of sp³-hybridized carbons (Fsp3) is 0.938. The number of nitrogens with one attached hydrogen (secondary N) is 1. The molecular formula is C16H31NO. The molecule has 1 aliphatic rings. The van der Waals surface area contributed by atoms with Gasteiger partial charge in [0.1, 0.15) is 5.78 Å². The smallest absolute Gasteiger partial charge is 0.132 e. The lowest BCUT2D eigenvalue weighted by Gasteiger charge is -2.07. The highest BCUT2D eigenvalue weighted by atomic mass is 16.1. The molecule has 0 radical (unpaired) electrons. The number of carbonyl (C=O) groups excluding carboxylic acids is 1. The molecule has 1 fully saturated rings. The molecule has 0 aromatic rings. The maximum Gasteiger partial charge on any atom is 0.132 e. The number of unbranched alkanes of at least 4 members (excludes halogenated alkanes) is 6. The molecule has 0 bridgehead atoms. The van der Waals surface area contributed by atoms with Crippen LogP contribution < -0.4 is 5.32 Å². The summed E-state index contributed by atoms with van der Waals surface area (Å²) in [6.07, 6.45) is 13.1. The predicted octanol–water partition coefficient (Wildman–Crippen LogP) is 4.09. The number of rotatable bonds is 11. The third kappa shape index (κ3) is 7.86. The Hall–Kier alpha value is -0.370. The highest BCUT2D eigenvalue weighted by Gasteiger charge is 2.15. The molecule has 0 amide bonds. The maximum absolute atomic E-state index is 11.7. The Labute approximate surface area is 113 Å². The van der Waals surface area contributed by atoms with Crippen LogP contribution >= 0.6 is 0 Å². The van der Waals surface area contributed by atoms with Crippen molar-refractivity contribution in [3.8, 4) is 0 Å². The normalized spacial score (nSPS) is 19.3. The lowest BCUT2D eigenvalue weighted by atomic mass is 9.98. The van der Waals surface area contributed by atoms with Gasteiger partial charge in [0.15, 0.2) is 0 Å². The van der Waals surface area contributed by atoms with Gasteiger partial charge in [-0.3, -0.25) is 4.79 Å². The summed E-state index contributed by atoms with van der Waals surface area (Å²) in [6.45, 7) is 4.53. The van der Waals surface area contributed by atoms with Crippen molar-refractivity contribution >= 4 is 5.78 Å². The van der Waals surface area contributed by atoms with E-state index < -0.39 is 0 Å². The fourth-order valence-corrected chi connectivity index (χ4v) is 2.73. The molecule has 1 aliphatic heterocycles. The van der Waals surface area contributed by atoms with Gasteiger partial charge in [-0.2, -0.15) is 0 Å². The SMILES string of the molecule is CCCCCCCCCC(=O)CCC1CCNC1. The summed E-state index contributed by atoms with van der Waals surface area (Å²) >= 11 is 0. The summed E-state index contributed by atoms with van der Waals surface area (Å²) < 4.78 is 0. The number of hydrogen-bond acceptors (Lipinski definition) is 2. The van der Waals surface area contributed by atoms with Crippen LogP contribution in [0.2, 0.25) is 0 Å². The highest BCUT2D eigenvalue weighted by Crippen LogP contribution is 2.16. The van der Waals surface area contributed by atoms with Crippen LogP contribution in [0.4, 0.5) is 0 Å². The molecule has 1 unspecified atom stereocenters. The third-order valence-corrected chi connectivity index (χ3v) is 4.05. The number of carbonyl (C=O) groups is 1. The molecule has 106 valence electrons. The highest BCUT2D eigenvalue weighted by molar-refractivity contribution is 5.78. The van der Waals surface area contributed by atoms with E-state index in [4.69, 9.17) is 0 Å². The third-order valence-electron chi connectivity index (χ3n) is 4.05. The van der Waals surface area contributed by atoms with Crippen molar-refractivity contribution in [3.05, 3.63) is 0 Å². The van der Waals surface area contributed by atoms with E-state index in [1.54, 1.807) is 0 Å². The zero-order valence-corrected chi connectivity index (χ0v) is 12.2. The molecule has 1 N–H and O–H groups in total. The molecule has 0 spiro atoms. The van der Waals surface area contributed by atoms with E-state index in [9.17, 15) is 4.79 Å². The van der Waals surface area contributed by atoms with Gasteiger partial charge in [0.2, 0.25) is 0 Å². The van der Waals surface area contributed by atoms with Gasteiger partial charge in [0.25, 0.3) is 0 Å². The molecule has 18 heavy (non-hydrogen) atoms. The van der Waals surface area contributed by atoms with Crippen molar-refractivity contribution in [1.82, 2.24) is 5.32 Å². The van der Waals surface area contributed by atoms with Gasteiger partial charge in [0, 0.05) is 12.8 Å². The first-order chi connectivity index (χ1) is 8.83. The van der Waals surface area contributed by atoms with Crippen molar-refractivity contribution in [2.45, 2.75) is 77.6 Å². The average molecular weight is 253 g/mol. The average Bonchev–Trinajstić information content (AvgIpc) is 2.88. The van der Waals surface area contributed by atoms with Gasteiger partial charge in [-0.1, -0.05) is 45.4 Å². The van der Waals surface area contributed by atoms with Gasteiger partial charge in [-0.15, -0.1) is 0 Å². The number of Topliss-reactive ketones (excluding diaryl/α,β-unsaturated/α-hetero) is 1. The van der Waals surface area contributed by atoms with Gasteiger partial charge in [-0.05, 0) is 38.3 Å². The van der Waals surface area contributed by atoms with Crippen LogP contribution in [-0.4, -0.2) is 18.9 Å². The number of hydrogen-bond donors (Lipinski definition) is 1. The van der Waals surface area contributed by atoms with Crippen molar-refractivity contribution in [3.63, 3.8) is 0 Å². The standard InChI is InChI=1S/C16H31NO/c1-2-3-4-5-6-7-8-9-16(18)11-10-15-12-13-17-14-15/h15,17H,2-14H2,1H3. The quantitative estimate of drug-likeness (QED) is 0.562. The monoisotopic (exact) mass is 253 g/mol. The molecule has 1 rings (SSSR count). The van der Waals surface area contributed by atoms with E-state index in [1.807, 2.05) is 0 Å². The maximum atomic E-state index is 11.7. The minimum absolute atomic E-state index is 0.496. The van der Waals surface area contributed by atoms with Crippen molar-refractivity contribution < 1.29 is 4.79 Å². The number of ketones is 1. The van der Waals surface area contributed by atoms with Gasteiger partial charge in [-0.25, -0.2) is 0 Å². The van der Waals surface area contributed by atoms with Gasteiger partial charge in [0.05, 0.1) is 0 Å². The van der Waals surface area contributed by atoms with Crippen molar-refractivity contribution in [2.24, 2.45) is 5.92 Å². The second-order valence-electron chi connectivity index (χ2n) is 5.81. The largest absolute Gasteiger partial charge is 0.316 e. The Morgan fingerprint density at radius 1 is 1.06 bits per heavy atom. The summed E-state index contributed by atoms with van der Waals surface area (Å²) in [5.41, 5.74) is 0. The lowest BCUT2D eigenvalue weighted by molar-refractivity contribution is -0.119. The van der Waals surface area contributed by atoms with Crippen LogP contribution in [-0.2, 0) is 4.79 Å². The molecule has 1 atom stereocenters. The first-order valence-corrected chi connectivity index (χ1v) is 8.05. The second-order valence-corrected chi connectivity index (χ2v) is 5.81. The Morgan fingerprint density at radius 2 is 1.78 bits per heavy atom. The Bertz CT molecular complexity index is 209. The molecule has 0 aliphatic carbocycles. The first-order valence-electron chi connectivity index (χ1n) is 8.05. The zero-order valence-electron chi connectivity index (χ0n) is 12.2. The second kappa shape index (κ2) is 10.5. The Morgan fingerprint density at radius 3 is 2.44 bits per heavy atom. The van der Waals surface area contributed by atoms with Crippen molar-refractivity contribution in [2.75, 3.05) is 13.1 Å². The van der Waals surface area contributed by atoms with Crippen LogP contribution in [0.15, 0.2) is 0 Å². The summed E-state index contributed by atoms with van der Waals surface area (Å²) in [6, 6.07) is 0. The summed E-state index contributed by atoms with van der Waals surface area (Å²) in [7, 11) is 0. The molecule has 0 aromatic heterocycles. The minimum atomic E-state index is 0.496. The van der Waals surface area contributed by atoms with Gasteiger partial charge < -0.3 is 5.32 Å². The first kappa shape index (κ1) is 15.7. The minimum Gasteiger partial charge on any atom is -0.316 e. The summed E-state index contributed by atoms with van der Waals surface area (Å²) in [5, 5.41) is 3.36. The molecule has 0 aromatic carbocycles. The van der Waals surface area contributed by atoms with Crippen LogP contribution in [0.5, 0.6) is 0 Å². The lowest BCUT2D eigenvalue weighted by Crippen LogP contribution is -2.10. The Kier molecular flexibility index (Phi) is 9.19. The topological polar surface area (TPSA) is 29.1 Å². The van der Waals surface area contributed by atoms with Crippen LogP contribution in [0, 0.1) is 5.92 Å². The Balaban J connectivity index is 1.84. The van der Waals surface area contributed by atoms with E-state index >= 15 is 0 Å².